The predicted molar refractivity (Wildman–Crippen MR) is 88.5 cm³/mol. The van der Waals surface area contributed by atoms with E-state index in [0.717, 1.165) is 12.0 Å². The average Bonchev–Trinajstić information content (AvgIpc) is 2.80. The minimum atomic E-state index is -0.0218. The molecule has 1 aliphatic heterocycles. The number of benzene rings is 1. The number of ketones is 1. The zero-order valence-corrected chi connectivity index (χ0v) is 13.2. The number of carbonyl (C=O) groups is 1. The van der Waals surface area contributed by atoms with E-state index in [2.05, 4.69) is 4.99 Å². The molecule has 0 saturated heterocycles. The van der Waals surface area contributed by atoms with Gasteiger partial charge < -0.3 is 0 Å². The van der Waals surface area contributed by atoms with Crippen LogP contribution >= 0.6 is 0 Å². The van der Waals surface area contributed by atoms with Crippen LogP contribution in [0.4, 0.5) is 0 Å². The fourth-order valence-corrected chi connectivity index (χ4v) is 1.56. The normalized spacial score (nSPS) is 12.2. The topological polar surface area (TPSA) is 29.4 Å². The molecule has 1 aromatic rings. The monoisotopic (exact) mass is 271 g/mol. The third-order valence-corrected chi connectivity index (χ3v) is 2.37. The lowest BCUT2D eigenvalue weighted by atomic mass is 10.1. The van der Waals surface area contributed by atoms with Crippen LogP contribution in [0.3, 0.4) is 0 Å². The molecule has 0 fully saturated rings. The average molecular weight is 271 g/mol. The molecule has 2 nitrogen and oxygen atoms in total. The van der Waals surface area contributed by atoms with Crippen LogP contribution in [0.5, 0.6) is 0 Å². The lowest BCUT2D eigenvalue weighted by molar-refractivity contribution is 0.103. The van der Waals surface area contributed by atoms with E-state index in [-0.39, 0.29) is 5.78 Å². The van der Waals surface area contributed by atoms with Gasteiger partial charge in [-0.1, -0.05) is 63.6 Å². The quantitative estimate of drug-likeness (QED) is 0.684. The van der Waals surface area contributed by atoms with Gasteiger partial charge in [0.05, 0.1) is 0 Å². The summed E-state index contributed by atoms with van der Waals surface area (Å²) in [5.41, 5.74) is 2.28. The molecule has 0 radical (unpaired) electrons. The van der Waals surface area contributed by atoms with E-state index in [1.165, 1.54) is 0 Å². The van der Waals surface area contributed by atoms with Crippen molar-refractivity contribution in [3.05, 3.63) is 59.3 Å². The molecular formula is C18H25NO. The Morgan fingerprint density at radius 3 is 2.50 bits per heavy atom. The first-order valence-corrected chi connectivity index (χ1v) is 7.28. The second-order valence-corrected chi connectivity index (χ2v) is 3.73. The van der Waals surface area contributed by atoms with Gasteiger partial charge in [-0.3, -0.25) is 9.79 Å². The zero-order valence-electron chi connectivity index (χ0n) is 13.2. The minimum Gasteiger partial charge on any atom is -0.287 e. The van der Waals surface area contributed by atoms with Crippen LogP contribution < -0.4 is 0 Å². The Hall–Kier alpha value is -1.96. The molecule has 108 valence electrons. The summed E-state index contributed by atoms with van der Waals surface area (Å²) in [7, 11) is 0. The van der Waals surface area contributed by atoms with Crippen molar-refractivity contribution in [3.8, 4) is 0 Å². The van der Waals surface area contributed by atoms with Gasteiger partial charge in [-0.05, 0) is 19.1 Å². The Labute approximate surface area is 122 Å². The van der Waals surface area contributed by atoms with E-state index < -0.39 is 0 Å². The van der Waals surface area contributed by atoms with Crippen molar-refractivity contribution in [3.63, 3.8) is 0 Å². The Morgan fingerprint density at radius 2 is 1.85 bits per heavy atom. The molecule has 0 amide bonds. The Bertz CT molecular complexity index is 496. The van der Waals surface area contributed by atoms with Crippen LogP contribution in [0, 0.1) is 6.92 Å². The first-order valence-electron chi connectivity index (χ1n) is 7.28. The van der Waals surface area contributed by atoms with Gasteiger partial charge in [-0.25, -0.2) is 0 Å². The SMILES string of the molecule is CC.CC.Cc1cccc(C(=O)C2=CC=CCC=N2)c1. The number of hydrogen-bond acceptors (Lipinski definition) is 2. The number of aliphatic imine (C=N–C) groups is 1. The summed E-state index contributed by atoms with van der Waals surface area (Å²) in [4.78, 5) is 16.2. The van der Waals surface area contributed by atoms with Crippen molar-refractivity contribution >= 4 is 12.0 Å². The summed E-state index contributed by atoms with van der Waals surface area (Å²) in [6, 6.07) is 7.56. The number of Topliss-reactive ketones (excluding diaryl/α,β-unsaturated/α-hetero) is 1. The van der Waals surface area contributed by atoms with Crippen LogP contribution in [0.25, 0.3) is 0 Å². The molecule has 2 rings (SSSR count). The summed E-state index contributed by atoms with van der Waals surface area (Å²) < 4.78 is 0. The van der Waals surface area contributed by atoms with Crippen LogP contribution in [0.15, 0.2) is 53.2 Å². The van der Waals surface area contributed by atoms with Crippen molar-refractivity contribution in [2.75, 3.05) is 0 Å². The molecule has 1 aromatic carbocycles. The summed E-state index contributed by atoms with van der Waals surface area (Å²) in [6.07, 6.45) is 8.13. The standard InChI is InChI=1S/C14H13NO.2C2H6/c1-11-6-5-7-12(10-11)14(16)13-8-3-2-4-9-15-13;2*1-2/h2-3,5-10H,4H2,1H3;2*1-2H3. The van der Waals surface area contributed by atoms with Gasteiger partial charge in [0.15, 0.2) is 0 Å². The second kappa shape index (κ2) is 10.9. The highest BCUT2D eigenvalue weighted by Crippen LogP contribution is 2.12. The lowest BCUT2D eigenvalue weighted by Gasteiger charge is -2.01. The largest absolute Gasteiger partial charge is 0.287 e. The smallest absolute Gasteiger partial charge is 0.211 e. The first-order chi connectivity index (χ1) is 9.77. The second-order valence-electron chi connectivity index (χ2n) is 3.73. The minimum absolute atomic E-state index is 0.0218. The summed E-state index contributed by atoms with van der Waals surface area (Å²) >= 11 is 0. The Kier molecular flexibility index (Phi) is 9.85. The van der Waals surface area contributed by atoms with Gasteiger partial charge >= 0.3 is 0 Å². The highest BCUT2D eigenvalue weighted by molar-refractivity contribution is 6.09. The molecule has 2 heteroatoms. The fraction of sp³-hybridized carbons (Fsp3) is 0.333. The molecule has 0 saturated carbocycles. The number of carbonyl (C=O) groups excluding carboxylic acids is 1. The van der Waals surface area contributed by atoms with E-state index >= 15 is 0 Å². The maximum Gasteiger partial charge on any atom is 0.211 e. The van der Waals surface area contributed by atoms with Crippen LogP contribution in [0.1, 0.15) is 50.0 Å². The van der Waals surface area contributed by atoms with Crippen molar-refractivity contribution in [2.45, 2.75) is 41.0 Å². The molecule has 0 atom stereocenters. The van der Waals surface area contributed by atoms with E-state index in [4.69, 9.17) is 0 Å². The number of hydrogen-bond donors (Lipinski definition) is 0. The Morgan fingerprint density at radius 1 is 1.15 bits per heavy atom. The maximum absolute atomic E-state index is 12.1. The predicted octanol–water partition coefficient (Wildman–Crippen LogP) is 5.14. The molecule has 0 bridgehead atoms. The lowest BCUT2D eigenvalue weighted by Crippen LogP contribution is -2.01. The maximum atomic E-state index is 12.1. The molecule has 0 spiro atoms. The van der Waals surface area contributed by atoms with Crippen LogP contribution in [0.2, 0.25) is 0 Å². The van der Waals surface area contributed by atoms with Crippen molar-refractivity contribution in [1.82, 2.24) is 0 Å². The first kappa shape index (κ1) is 18.0. The van der Waals surface area contributed by atoms with Gasteiger partial charge in [0.2, 0.25) is 5.78 Å². The molecule has 0 N–H and O–H groups in total. The van der Waals surface area contributed by atoms with Gasteiger partial charge in [-0.15, -0.1) is 0 Å². The van der Waals surface area contributed by atoms with E-state index in [1.807, 2.05) is 71.0 Å². The summed E-state index contributed by atoms with van der Waals surface area (Å²) in [5, 5.41) is 0. The molecule has 0 aromatic heterocycles. The molecule has 0 aliphatic carbocycles. The van der Waals surface area contributed by atoms with Crippen molar-refractivity contribution < 1.29 is 4.79 Å². The molecular weight excluding hydrogens is 246 g/mol. The van der Waals surface area contributed by atoms with Crippen LogP contribution in [-0.4, -0.2) is 12.0 Å². The molecule has 1 heterocycles. The number of aryl methyl sites for hydroxylation is 1. The number of allylic oxidation sites excluding steroid dienone is 4. The Balaban J connectivity index is 0.000000829. The zero-order chi connectivity index (χ0) is 15.4. The van der Waals surface area contributed by atoms with E-state index in [9.17, 15) is 4.79 Å². The van der Waals surface area contributed by atoms with Gasteiger partial charge in [0.25, 0.3) is 0 Å². The fourth-order valence-electron chi connectivity index (χ4n) is 1.56. The molecule has 0 unspecified atom stereocenters. The highest BCUT2D eigenvalue weighted by Gasteiger charge is 2.10. The van der Waals surface area contributed by atoms with Gasteiger partial charge in [0.1, 0.15) is 5.70 Å². The van der Waals surface area contributed by atoms with Crippen LogP contribution in [-0.2, 0) is 0 Å². The van der Waals surface area contributed by atoms with Crippen molar-refractivity contribution in [1.29, 1.82) is 0 Å². The van der Waals surface area contributed by atoms with Gasteiger partial charge in [-0.2, -0.15) is 0 Å². The highest BCUT2D eigenvalue weighted by atomic mass is 16.1. The van der Waals surface area contributed by atoms with E-state index in [1.54, 1.807) is 12.3 Å². The number of nitrogens with zero attached hydrogens (tertiary/aromatic N) is 1. The number of rotatable bonds is 2. The molecule has 1 aliphatic rings. The molecule has 20 heavy (non-hydrogen) atoms. The van der Waals surface area contributed by atoms with E-state index in [0.29, 0.717) is 11.3 Å². The summed E-state index contributed by atoms with van der Waals surface area (Å²) in [6.45, 7) is 9.97. The van der Waals surface area contributed by atoms with Crippen molar-refractivity contribution in [2.24, 2.45) is 4.99 Å². The summed E-state index contributed by atoms with van der Waals surface area (Å²) in [5.74, 6) is -0.0218. The third-order valence-electron chi connectivity index (χ3n) is 2.37. The third kappa shape index (κ3) is 5.79. The van der Waals surface area contributed by atoms with Gasteiger partial charge in [0, 0.05) is 18.2 Å².